The van der Waals surface area contributed by atoms with E-state index in [4.69, 9.17) is 10.5 Å². The van der Waals surface area contributed by atoms with Crippen LogP contribution < -0.4 is 10.5 Å². The zero-order valence-electron chi connectivity index (χ0n) is 10.7. The van der Waals surface area contributed by atoms with Gasteiger partial charge in [0.1, 0.15) is 12.4 Å². The molecule has 0 bridgehead atoms. The summed E-state index contributed by atoms with van der Waals surface area (Å²) >= 11 is 3.46. The van der Waals surface area contributed by atoms with Crippen LogP contribution in [0.25, 0.3) is 10.9 Å². The number of anilines is 1. The molecule has 0 saturated heterocycles. The van der Waals surface area contributed by atoms with Crippen molar-refractivity contribution < 1.29 is 4.74 Å². The molecule has 3 nitrogen and oxygen atoms in total. The number of benzene rings is 2. The van der Waals surface area contributed by atoms with E-state index in [1.165, 1.54) is 0 Å². The van der Waals surface area contributed by atoms with E-state index in [-0.39, 0.29) is 0 Å². The molecule has 1 aromatic heterocycles. The summed E-state index contributed by atoms with van der Waals surface area (Å²) in [5.74, 6) is 0.794. The minimum absolute atomic E-state index is 0.507. The van der Waals surface area contributed by atoms with Gasteiger partial charge in [-0.15, -0.1) is 0 Å². The van der Waals surface area contributed by atoms with Gasteiger partial charge in [-0.25, -0.2) is 0 Å². The zero-order chi connectivity index (χ0) is 13.9. The number of nitrogen functional groups attached to an aromatic ring is 1. The van der Waals surface area contributed by atoms with Gasteiger partial charge < -0.3 is 10.5 Å². The summed E-state index contributed by atoms with van der Waals surface area (Å²) in [5.41, 5.74) is 8.47. The predicted molar refractivity (Wildman–Crippen MR) is 84.6 cm³/mol. The molecule has 3 aromatic rings. The first-order valence-electron chi connectivity index (χ1n) is 6.24. The Kier molecular flexibility index (Phi) is 3.56. The molecule has 2 aromatic carbocycles. The van der Waals surface area contributed by atoms with Crippen molar-refractivity contribution in [3.05, 3.63) is 64.8 Å². The molecule has 0 saturated carbocycles. The maximum absolute atomic E-state index is 5.93. The van der Waals surface area contributed by atoms with E-state index >= 15 is 0 Å². The van der Waals surface area contributed by atoms with Crippen molar-refractivity contribution in [3.63, 3.8) is 0 Å². The van der Waals surface area contributed by atoms with Crippen LogP contribution in [-0.2, 0) is 6.61 Å². The van der Waals surface area contributed by atoms with Gasteiger partial charge in [0.15, 0.2) is 0 Å². The normalized spacial score (nSPS) is 10.7. The predicted octanol–water partition coefficient (Wildman–Crippen LogP) is 4.16. The van der Waals surface area contributed by atoms with Crippen molar-refractivity contribution in [2.45, 2.75) is 6.61 Å². The number of hydrogen-bond donors (Lipinski definition) is 1. The van der Waals surface area contributed by atoms with Crippen LogP contribution in [0.2, 0.25) is 0 Å². The third-order valence-electron chi connectivity index (χ3n) is 3.05. The number of pyridine rings is 1. The Morgan fingerprint density at radius 3 is 2.80 bits per heavy atom. The van der Waals surface area contributed by atoms with Gasteiger partial charge in [-0.05, 0) is 35.9 Å². The molecular formula is C16H13BrN2O. The number of aromatic nitrogens is 1. The van der Waals surface area contributed by atoms with E-state index in [9.17, 15) is 0 Å². The highest BCUT2D eigenvalue weighted by Crippen LogP contribution is 2.28. The lowest BCUT2D eigenvalue weighted by Gasteiger charge is -2.10. The third-order valence-corrected chi connectivity index (χ3v) is 3.54. The van der Waals surface area contributed by atoms with Crippen LogP contribution in [0.3, 0.4) is 0 Å². The Balaban J connectivity index is 1.90. The van der Waals surface area contributed by atoms with Gasteiger partial charge in [0.05, 0.1) is 11.2 Å². The molecule has 0 amide bonds. The Bertz CT molecular complexity index is 758. The van der Waals surface area contributed by atoms with Crippen molar-refractivity contribution in [1.82, 2.24) is 4.98 Å². The van der Waals surface area contributed by atoms with Gasteiger partial charge in [0, 0.05) is 16.1 Å². The van der Waals surface area contributed by atoms with Gasteiger partial charge in [-0.2, -0.15) is 0 Å². The van der Waals surface area contributed by atoms with Crippen LogP contribution in [0.15, 0.2) is 59.2 Å². The molecule has 0 aliphatic heterocycles. The van der Waals surface area contributed by atoms with E-state index < -0.39 is 0 Å². The van der Waals surface area contributed by atoms with E-state index in [1.807, 2.05) is 48.5 Å². The largest absolute Gasteiger partial charge is 0.488 e. The number of rotatable bonds is 3. The SMILES string of the molecule is Nc1cccc2c(OCc3cccc(Br)c3)ccnc12. The second-order valence-corrected chi connectivity index (χ2v) is 5.39. The Morgan fingerprint density at radius 2 is 1.95 bits per heavy atom. The molecule has 0 atom stereocenters. The fourth-order valence-corrected chi connectivity index (χ4v) is 2.53. The molecule has 20 heavy (non-hydrogen) atoms. The average molecular weight is 329 g/mol. The van der Waals surface area contributed by atoms with Gasteiger partial charge in [-0.3, -0.25) is 4.98 Å². The molecule has 3 rings (SSSR count). The fourth-order valence-electron chi connectivity index (χ4n) is 2.09. The first-order valence-corrected chi connectivity index (χ1v) is 7.04. The van der Waals surface area contributed by atoms with Crippen LogP contribution >= 0.6 is 15.9 Å². The van der Waals surface area contributed by atoms with Crippen molar-refractivity contribution in [3.8, 4) is 5.75 Å². The molecule has 0 aliphatic rings. The lowest BCUT2D eigenvalue weighted by atomic mass is 10.2. The molecule has 0 fully saturated rings. The van der Waals surface area contributed by atoms with Crippen LogP contribution in [0.5, 0.6) is 5.75 Å². The third kappa shape index (κ3) is 2.60. The first kappa shape index (κ1) is 12.9. The topological polar surface area (TPSA) is 48.1 Å². The van der Waals surface area contributed by atoms with Crippen molar-refractivity contribution >= 4 is 32.5 Å². The molecule has 0 aliphatic carbocycles. The summed E-state index contributed by atoms with van der Waals surface area (Å²) in [5, 5.41) is 0.933. The molecule has 4 heteroatoms. The second kappa shape index (κ2) is 5.51. The lowest BCUT2D eigenvalue weighted by molar-refractivity contribution is 0.310. The number of ether oxygens (including phenoxy) is 1. The Morgan fingerprint density at radius 1 is 1.10 bits per heavy atom. The van der Waals surface area contributed by atoms with Crippen molar-refractivity contribution in [2.75, 3.05) is 5.73 Å². The summed E-state index contributed by atoms with van der Waals surface area (Å²) < 4.78 is 6.94. The van der Waals surface area contributed by atoms with Crippen LogP contribution in [0, 0.1) is 0 Å². The summed E-state index contributed by atoms with van der Waals surface area (Å²) in [6, 6.07) is 15.6. The number of para-hydroxylation sites is 1. The quantitative estimate of drug-likeness (QED) is 0.734. The van der Waals surface area contributed by atoms with Crippen LogP contribution in [-0.4, -0.2) is 4.98 Å². The standard InChI is InChI=1S/C16H13BrN2O/c17-12-4-1-3-11(9-12)10-20-15-7-8-19-16-13(15)5-2-6-14(16)18/h1-9H,10,18H2. The molecular weight excluding hydrogens is 316 g/mol. The monoisotopic (exact) mass is 328 g/mol. The highest BCUT2D eigenvalue weighted by Gasteiger charge is 2.05. The smallest absolute Gasteiger partial charge is 0.130 e. The summed E-state index contributed by atoms with van der Waals surface area (Å²) in [7, 11) is 0. The maximum atomic E-state index is 5.93. The van der Waals surface area contributed by atoms with Crippen LogP contribution in [0.4, 0.5) is 5.69 Å². The zero-order valence-corrected chi connectivity index (χ0v) is 12.3. The molecule has 2 N–H and O–H groups in total. The summed E-state index contributed by atoms with van der Waals surface area (Å²) in [4.78, 5) is 4.30. The van der Waals surface area contributed by atoms with E-state index in [0.29, 0.717) is 12.3 Å². The summed E-state index contributed by atoms with van der Waals surface area (Å²) in [6.45, 7) is 0.507. The minimum Gasteiger partial charge on any atom is -0.488 e. The number of fused-ring (bicyclic) bond motifs is 1. The van der Waals surface area contributed by atoms with Gasteiger partial charge >= 0.3 is 0 Å². The molecule has 1 heterocycles. The van der Waals surface area contributed by atoms with E-state index in [1.54, 1.807) is 6.20 Å². The number of nitrogens with zero attached hydrogens (tertiary/aromatic N) is 1. The van der Waals surface area contributed by atoms with Gasteiger partial charge in [0.2, 0.25) is 0 Å². The highest BCUT2D eigenvalue weighted by molar-refractivity contribution is 9.10. The minimum atomic E-state index is 0.507. The van der Waals surface area contributed by atoms with E-state index in [2.05, 4.69) is 20.9 Å². The first-order chi connectivity index (χ1) is 9.74. The maximum Gasteiger partial charge on any atom is 0.130 e. The van der Waals surface area contributed by atoms with Gasteiger partial charge in [-0.1, -0.05) is 34.1 Å². The molecule has 0 unspecified atom stereocenters. The van der Waals surface area contributed by atoms with Crippen molar-refractivity contribution in [2.24, 2.45) is 0 Å². The van der Waals surface area contributed by atoms with Crippen LogP contribution in [0.1, 0.15) is 5.56 Å². The fraction of sp³-hybridized carbons (Fsp3) is 0.0625. The Labute approximate surface area is 125 Å². The van der Waals surface area contributed by atoms with E-state index in [0.717, 1.165) is 26.7 Å². The average Bonchev–Trinajstić information content (AvgIpc) is 2.46. The molecule has 0 spiro atoms. The Hall–Kier alpha value is -2.07. The van der Waals surface area contributed by atoms with Crippen molar-refractivity contribution in [1.29, 1.82) is 0 Å². The number of hydrogen-bond acceptors (Lipinski definition) is 3. The lowest BCUT2D eigenvalue weighted by Crippen LogP contribution is -1.97. The number of halogens is 1. The van der Waals surface area contributed by atoms with Gasteiger partial charge in [0.25, 0.3) is 0 Å². The molecule has 0 radical (unpaired) electrons. The number of nitrogens with two attached hydrogens (primary N) is 1. The second-order valence-electron chi connectivity index (χ2n) is 4.47. The highest BCUT2D eigenvalue weighted by atomic mass is 79.9. The summed E-state index contributed by atoms with van der Waals surface area (Å²) in [6.07, 6.45) is 1.72. The molecule has 100 valence electrons.